The maximum Gasteiger partial charge on any atom is 0.335 e. The molecule has 0 bridgehead atoms. The third-order valence-corrected chi connectivity index (χ3v) is 2.88. The molecule has 94 valence electrons. The van der Waals surface area contributed by atoms with E-state index in [-0.39, 0.29) is 5.56 Å². The number of carbonyl (C=O) groups is 1. The van der Waals surface area contributed by atoms with Crippen molar-refractivity contribution in [1.29, 1.82) is 0 Å². The number of ether oxygens (including phenoxy) is 1. The van der Waals surface area contributed by atoms with Gasteiger partial charge in [0, 0.05) is 25.2 Å². The van der Waals surface area contributed by atoms with Crippen LogP contribution in [0.25, 0.3) is 10.8 Å². The number of carboxylic acid groups (broad SMARTS) is 1. The van der Waals surface area contributed by atoms with Crippen LogP contribution in [0.1, 0.15) is 10.4 Å². The number of anilines is 1. The number of aromatic carboxylic acids is 1. The molecule has 1 N–H and O–H groups in total. The minimum Gasteiger partial charge on any atom is -0.496 e. The molecular weight excluding hydrogens is 230 g/mol. The second kappa shape index (κ2) is 4.56. The summed E-state index contributed by atoms with van der Waals surface area (Å²) < 4.78 is 5.27. The first-order valence-corrected chi connectivity index (χ1v) is 5.55. The Balaban J connectivity index is 2.71. The van der Waals surface area contributed by atoms with Gasteiger partial charge in [0.15, 0.2) is 0 Å². The summed E-state index contributed by atoms with van der Waals surface area (Å²) in [6, 6.07) is 9.04. The lowest BCUT2D eigenvalue weighted by molar-refractivity contribution is 0.0696. The van der Waals surface area contributed by atoms with Gasteiger partial charge >= 0.3 is 5.97 Å². The van der Waals surface area contributed by atoms with Crippen molar-refractivity contribution in [2.24, 2.45) is 0 Å². The van der Waals surface area contributed by atoms with Crippen LogP contribution in [0.4, 0.5) is 5.69 Å². The third-order valence-electron chi connectivity index (χ3n) is 2.88. The van der Waals surface area contributed by atoms with Crippen molar-refractivity contribution in [3.63, 3.8) is 0 Å². The number of nitrogens with zero attached hydrogens (tertiary/aromatic N) is 1. The monoisotopic (exact) mass is 245 g/mol. The molecule has 0 aliphatic heterocycles. The van der Waals surface area contributed by atoms with Gasteiger partial charge in [-0.1, -0.05) is 6.07 Å². The van der Waals surface area contributed by atoms with Crippen molar-refractivity contribution in [3.8, 4) is 5.75 Å². The summed E-state index contributed by atoms with van der Waals surface area (Å²) in [4.78, 5) is 13.0. The number of methoxy groups -OCH3 is 1. The van der Waals surface area contributed by atoms with Crippen molar-refractivity contribution < 1.29 is 14.6 Å². The van der Waals surface area contributed by atoms with Crippen molar-refractivity contribution in [2.45, 2.75) is 0 Å². The molecule has 2 rings (SSSR count). The average molecular weight is 245 g/mol. The van der Waals surface area contributed by atoms with E-state index in [9.17, 15) is 4.79 Å². The van der Waals surface area contributed by atoms with Crippen LogP contribution in [0.15, 0.2) is 30.3 Å². The van der Waals surface area contributed by atoms with Crippen molar-refractivity contribution >= 4 is 22.4 Å². The third kappa shape index (κ3) is 2.09. The molecule has 0 spiro atoms. The summed E-state index contributed by atoms with van der Waals surface area (Å²) in [5, 5.41) is 10.8. The highest BCUT2D eigenvalue weighted by Crippen LogP contribution is 2.30. The largest absolute Gasteiger partial charge is 0.496 e. The molecule has 0 saturated heterocycles. The minimum atomic E-state index is -0.952. The van der Waals surface area contributed by atoms with E-state index in [0.717, 1.165) is 16.5 Å². The maximum atomic E-state index is 11.0. The zero-order chi connectivity index (χ0) is 13.3. The van der Waals surface area contributed by atoms with Crippen LogP contribution in [0.2, 0.25) is 0 Å². The Morgan fingerprint density at radius 2 is 1.94 bits per heavy atom. The highest BCUT2D eigenvalue weighted by Gasteiger charge is 2.10. The smallest absolute Gasteiger partial charge is 0.335 e. The van der Waals surface area contributed by atoms with Gasteiger partial charge in [-0.15, -0.1) is 0 Å². The lowest BCUT2D eigenvalue weighted by Gasteiger charge is -2.14. The van der Waals surface area contributed by atoms with Crippen LogP contribution in [0.5, 0.6) is 5.75 Å². The fourth-order valence-corrected chi connectivity index (χ4v) is 1.88. The summed E-state index contributed by atoms with van der Waals surface area (Å²) in [7, 11) is 5.46. The number of carboxylic acids is 1. The molecule has 0 aliphatic carbocycles. The Hall–Kier alpha value is -2.23. The van der Waals surface area contributed by atoms with Crippen molar-refractivity contribution in [3.05, 3.63) is 35.9 Å². The molecule has 0 heterocycles. The van der Waals surface area contributed by atoms with Gasteiger partial charge in [0.05, 0.1) is 12.7 Å². The number of benzene rings is 2. The zero-order valence-corrected chi connectivity index (χ0v) is 10.6. The molecule has 0 atom stereocenters. The first-order valence-electron chi connectivity index (χ1n) is 5.55. The van der Waals surface area contributed by atoms with E-state index in [0.29, 0.717) is 5.75 Å². The topological polar surface area (TPSA) is 49.8 Å². The molecule has 4 nitrogen and oxygen atoms in total. The van der Waals surface area contributed by atoms with Crippen LogP contribution in [0, 0.1) is 0 Å². The van der Waals surface area contributed by atoms with Gasteiger partial charge in [-0.3, -0.25) is 0 Å². The number of hydrogen-bond donors (Lipinski definition) is 1. The molecule has 0 aromatic heterocycles. The van der Waals surface area contributed by atoms with Crippen LogP contribution in [-0.4, -0.2) is 32.3 Å². The number of fused-ring (bicyclic) bond motifs is 1. The van der Waals surface area contributed by atoms with Gasteiger partial charge in [-0.25, -0.2) is 4.79 Å². The second-order valence-corrected chi connectivity index (χ2v) is 4.28. The van der Waals surface area contributed by atoms with Crippen LogP contribution in [-0.2, 0) is 0 Å². The Bertz CT molecular complexity index is 605. The Morgan fingerprint density at radius 3 is 2.50 bits per heavy atom. The molecule has 2 aromatic rings. The maximum absolute atomic E-state index is 11.0. The summed E-state index contributed by atoms with van der Waals surface area (Å²) >= 11 is 0. The van der Waals surface area contributed by atoms with Gasteiger partial charge < -0.3 is 14.7 Å². The molecule has 0 radical (unpaired) electrons. The molecular formula is C14H15NO3. The first kappa shape index (κ1) is 12.2. The van der Waals surface area contributed by atoms with E-state index < -0.39 is 5.97 Å². The number of rotatable bonds is 3. The highest BCUT2D eigenvalue weighted by atomic mass is 16.5. The molecule has 2 aromatic carbocycles. The lowest BCUT2D eigenvalue weighted by Crippen LogP contribution is -2.08. The fourth-order valence-electron chi connectivity index (χ4n) is 1.88. The molecule has 0 unspecified atom stereocenters. The van der Waals surface area contributed by atoms with Gasteiger partial charge in [-0.2, -0.15) is 0 Å². The van der Waals surface area contributed by atoms with Crippen molar-refractivity contribution in [1.82, 2.24) is 0 Å². The van der Waals surface area contributed by atoms with Crippen LogP contribution in [0.3, 0.4) is 0 Å². The minimum absolute atomic E-state index is 0.233. The van der Waals surface area contributed by atoms with E-state index in [2.05, 4.69) is 0 Å². The lowest BCUT2D eigenvalue weighted by atomic mass is 10.0. The van der Waals surface area contributed by atoms with Gasteiger partial charge in [0.1, 0.15) is 5.75 Å². The summed E-state index contributed by atoms with van der Waals surface area (Å²) in [6.07, 6.45) is 0. The SMILES string of the molecule is COc1cc(C(=O)O)cc2ccc(N(C)C)cc12. The van der Waals surface area contributed by atoms with E-state index in [1.165, 1.54) is 0 Å². The zero-order valence-electron chi connectivity index (χ0n) is 10.6. The van der Waals surface area contributed by atoms with Crippen molar-refractivity contribution in [2.75, 3.05) is 26.1 Å². The van der Waals surface area contributed by atoms with Gasteiger partial charge in [0.2, 0.25) is 0 Å². The molecule has 0 fully saturated rings. The Morgan fingerprint density at radius 1 is 1.22 bits per heavy atom. The molecule has 18 heavy (non-hydrogen) atoms. The summed E-state index contributed by atoms with van der Waals surface area (Å²) in [5.74, 6) is -0.375. The molecule has 0 amide bonds. The second-order valence-electron chi connectivity index (χ2n) is 4.28. The van der Waals surface area contributed by atoms with E-state index in [1.807, 2.05) is 37.2 Å². The van der Waals surface area contributed by atoms with E-state index in [1.54, 1.807) is 19.2 Å². The first-order chi connectivity index (χ1) is 8.52. The normalized spacial score (nSPS) is 10.4. The Kier molecular flexibility index (Phi) is 3.10. The molecule has 4 heteroatoms. The number of hydrogen-bond acceptors (Lipinski definition) is 3. The summed E-state index contributed by atoms with van der Waals surface area (Å²) in [5.41, 5.74) is 1.28. The highest BCUT2D eigenvalue weighted by molar-refractivity contribution is 5.98. The van der Waals surface area contributed by atoms with Gasteiger partial charge in [0.25, 0.3) is 0 Å². The predicted molar refractivity (Wildman–Crippen MR) is 71.8 cm³/mol. The average Bonchev–Trinajstić information content (AvgIpc) is 2.36. The Labute approximate surface area is 105 Å². The quantitative estimate of drug-likeness (QED) is 0.903. The van der Waals surface area contributed by atoms with Crippen LogP contribution >= 0.6 is 0 Å². The van der Waals surface area contributed by atoms with E-state index in [4.69, 9.17) is 9.84 Å². The van der Waals surface area contributed by atoms with E-state index >= 15 is 0 Å². The predicted octanol–water partition coefficient (Wildman–Crippen LogP) is 2.61. The fraction of sp³-hybridized carbons (Fsp3) is 0.214. The summed E-state index contributed by atoms with van der Waals surface area (Å²) in [6.45, 7) is 0. The van der Waals surface area contributed by atoms with Crippen LogP contribution < -0.4 is 9.64 Å². The van der Waals surface area contributed by atoms with Gasteiger partial charge in [-0.05, 0) is 29.7 Å². The standard InChI is InChI=1S/C14H15NO3/c1-15(2)11-5-4-9-6-10(14(16)17)7-13(18-3)12(9)8-11/h4-8H,1-3H3,(H,16,17). The molecule has 0 aliphatic rings. The molecule has 0 saturated carbocycles.